The minimum atomic E-state index is -0.210. The molecule has 6 nitrogen and oxygen atoms in total. The van der Waals surface area contributed by atoms with Gasteiger partial charge in [0.25, 0.3) is 11.5 Å². The third-order valence-corrected chi connectivity index (χ3v) is 6.01. The Labute approximate surface area is 182 Å². The van der Waals surface area contributed by atoms with Crippen molar-refractivity contribution in [2.24, 2.45) is 5.92 Å². The van der Waals surface area contributed by atoms with E-state index in [1.165, 1.54) is 10.4 Å². The van der Waals surface area contributed by atoms with Gasteiger partial charge >= 0.3 is 0 Å². The normalized spacial score (nSPS) is 16.0. The molecular formula is C25H30N4O2. The minimum absolute atomic E-state index is 0.127. The summed E-state index contributed by atoms with van der Waals surface area (Å²) in [5.74, 6) is 0.185. The second-order valence-corrected chi connectivity index (χ2v) is 8.28. The van der Waals surface area contributed by atoms with Crippen LogP contribution in [0.15, 0.2) is 59.4 Å². The van der Waals surface area contributed by atoms with E-state index in [9.17, 15) is 9.59 Å². The van der Waals surface area contributed by atoms with Crippen molar-refractivity contribution in [3.8, 4) is 0 Å². The Bertz CT molecular complexity index is 1090. The molecule has 0 bridgehead atoms. The average Bonchev–Trinajstić information content (AvgIpc) is 3.29. The molecule has 6 heteroatoms. The predicted molar refractivity (Wildman–Crippen MR) is 125 cm³/mol. The highest BCUT2D eigenvalue weighted by atomic mass is 16.2. The van der Waals surface area contributed by atoms with Crippen LogP contribution >= 0.6 is 0 Å². The van der Waals surface area contributed by atoms with E-state index >= 15 is 0 Å². The topological polar surface area (TPSA) is 67.2 Å². The second-order valence-electron chi connectivity index (χ2n) is 8.28. The Kier molecular flexibility index (Phi) is 6.65. The number of rotatable bonds is 8. The molecule has 1 fully saturated rings. The van der Waals surface area contributed by atoms with Crippen molar-refractivity contribution in [3.63, 3.8) is 0 Å². The molecule has 1 N–H and O–H groups in total. The van der Waals surface area contributed by atoms with E-state index in [-0.39, 0.29) is 11.5 Å². The monoisotopic (exact) mass is 418 g/mol. The zero-order valence-electron chi connectivity index (χ0n) is 18.1. The number of para-hydroxylation sites is 1. The van der Waals surface area contributed by atoms with Crippen molar-refractivity contribution in [2.75, 3.05) is 24.5 Å². The number of amides is 1. The number of fused-ring (bicyclic) bond motifs is 1. The standard InChI is InChI=1S/C25H30N4O2/c1-2-3-9-15-29-25(31)22-13-8-7-12-21(22)23(27-29)24(30)26-17-19-14-16-28(18-19)20-10-5-4-6-11-20/h4-8,10-13,19H,2-3,9,14-18H2,1H3,(H,26,30). The number of aromatic nitrogens is 2. The maximum atomic E-state index is 13.1. The fourth-order valence-electron chi connectivity index (χ4n) is 4.26. The van der Waals surface area contributed by atoms with Gasteiger partial charge in [0.2, 0.25) is 0 Å². The third-order valence-electron chi connectivity index (χ3n) is 6.01. The molecule has 31 heavy (non-hydrogen) atoms. The maximum absolute atomic E-state index is 13.1. The molecule has 1 atom stereocenters. The maximum Gasteiger partial charge on any atom is 0.274 e. The smallest absolute Gasteiger partial charge is 0.274 e. The Morgan fingerprint density at radius 1 is 1.06 bits per heavy atom. The largest absolute Gasteiger partial charge is 0.371 e. The zero-order valence-corrected chi connectivity index (χ0v) is 18.1. The first-order chi connectivity index (χ1) is 15.2. The predicted octanol–water partition coefficient (Wildman–Crippen LogP) is 3.84. The number of hydrogen-bond donors (Lipinski definition) is 1. The van der Waals surface area contributed by atoms with Gasteiger partial charge in [-0.05, 0) is 37.0 Å². The fraction of sp³-hybridized carbons (Fsp3) is 0.400. The van der Waals surface area contributed by atoms with Gasteiger partial charge in [0.1, 0.15) is 0 Å². The van der Waals surface area contributed by atoms with Gasteiger partial charge in [-0.3, -0.25) is 9.59 Å². The van der Waals surface area contributed by atoms with Gasteiger partial charge in [-0.25, -0.2) is 4.68 Å². The van der Waals surface area contributed by atoms with Gasteiger partial charge in [-0.2, -0.15) is 5.10 Å². The molecule has 0 aliphatic carbocycles. The van der Waals surface area contributed by atoms with Crippen LogP contribution in [0.2, 0.25) is 0 Å². The van der Waals surface area contributed by atoms with Crippen molar-refractivity contribution in [1.82, 2.24) is 15.1 Å². The van der Waals surface area contributed by atoms with E-state index in [2.05, 4.69) is 46.5 Å². The van der Waals surface area contributed by atoms with Gasteiger partial charge in [0, 0.05) is 37.3 Å². The first-order valence-corrected chi connectivity index (χ1v) is 11.3. The van der Waals surface area contributed by atoms with Crippen LogP contribution in [0.5, 0.6) is 0 Å². The number of nitrogens with one attached hydrogen (secondary N) is 1. The van der Waals surface area contributed by atoms with Gasteiger partial charge < -0.3 is 10.2 Å². The second kappa shape index (κ2) is 9.77. The highest BCUT2D eigenvalue weighted by Crippen LogP contribution is 2.23. The van der Waals surface area contributed by atoms with Crippen molar-refractivity contribution >= 4 is 22.4 Å². The highest BCUT2D eigenvalue weighted by molar-refractivity contribution is 6.04. The molecule has 2 aromatic carbocycles. The number of nitrogens with zero attached hydrogens (tertiary/aromatic N) is 3. The molecule has 1 aliphatic heterocycles. The Balaban J connectivity index is 1.47. The first-order valence-electron chi connectivity index (χ1n) is 11.3. The summed E-state index contributed by atoms with van der Waals surface area (Å²) < 4.78 is 1.46. The number of anilines is 1. The summed E-state index contributed by atoms with van der Waals surface area (Å²) in [7, 11) is 0. The van der Waals surface area contributed by atoms with E-state index in [4.69, 9.17) is 0 Å². The Morgan fingerprint density at radius 2 is 1.81 bits per heavy atom. The first kappa shape index (κ1) is 21.1. The Hall–Kier alpha value is -3.15. The number of benzene rings is 2. The van der Waals surface area contributed by atoms with Crippen LogP contribution in [0.4, 0.5) is 5.69 Å². The number of hydrogen-bond acceptors (Lipinski definition) is 4. The van der Waals surface area contributed by atoms with Crippen LogP contribution in [0, 0.1) is 5.92 Å². The van der Waals surface area contributed by atoms with Crippen LogP contribution in [0.25, 0.3) is 10.8 Å². The van der Waals surface area contributed by atoms with Crippen molar-refractivity contribution in [3.05, 3.63) is 70.6 Å². The molecule has 1 unspecified atom stereocenters. The van der Waals surface area contributed by atoms with Crippen molar-refractivity contribution < 1.29 is 4.79 Å². The van der Waals surface area contributed by atoms with Gasteiger partial charge in [0.15, 0.2) is 5.69 Å². The third kappa shape index (κ3) is 4.79. The molecule has 1 amide bonds. The summed E-state index contributed by atoms with van der Waals surface area (Å²) in [5, 5.41) is 8.71. The molecule has 0 radical (unpaired) electrons. The van der Waals surface area contributed by atoms with Crippen molar-refractivity contribution in [1.29, 1.82) is 0 Å². The van der Waals surface area contributed by atoms with Crippen LogP contribution in [0.1, 0.15) is 43.1 Å². The van der Waals surface area contributed by atoms with Crippen molar-refractivity contribution in [2.45, 2.75) is 39.2 Å². The van der Waals surface area contributed by atoms with E-state index in [1.807, 2.05) is 24.3 Å². The number of carbonyl (C=O) groups excluding carboxylic acids is 1. The van der Waals surface area contributed by atoms with E-state index in [0.29, 0.717) is 35.5 Å². The molecule has 2 heterocycles. The summed E-state index contributed by atoms with van der Waals surface area (Å²) in [6.07, 6.45) is 4.01. The van der Waals surface area contributed by atoms with Crippen LogP contribution in [0.3, 0.4) is 0 Å². The minimum Gasteiger partial charge on any atom is -0.371 e. The van der Waals surface area contributed by atoms with Crippen LogP contribution in [-0.4, -0.2) is 35.3 Å². The van der Waals surface area contributed by atoms with Gasteiger partial charge in [-0.15, -0.1) is 0 Å². The summed E-state index contributed by atoms with van der Waals surface area (Å²) >= 11 is 0. The summed E-state index contributed by atoms with van der Waals surface area (Å²) in [6, 6.07) is 17.6. The SMILES string of the molecule is CCCCCn1nc(C(=O)NCC2CCN(c3ccccc3)C2)c2ccccc2c1=O. The molecule has 3 aromatic rings. The van der Waals surface area contributed by atoms with Crippen LogP contribution in [-0.2, 0) is 6.54 Å². The van der Waals surface area contributed by atoms with Gasteiger partial charge in [-0.1, -0.05) is 56.2 Å². The summed E-state index contributed by atoms with van der Waals surface area (Å²) in [4.78, 5) is 28.2. The molecular weight excluding hydrogens is 388 g/mol. The van der Waals surface area contributed by atoms with E-state index in [0.717, 1.165) is 38.8 Å². The number of aryl methyl sites for hydroxylation is 1. The average molecular weight is 419 g/mol. The lowest BCUT2D eigenvalue weighted by Gasteiger charge is -2.18. The summed E-state index contributed by atoms with van der Waals surface area (Å²) in [5.41, 5.74) is 1.44. The van der Waals surface area contributed by atoms with E-state index < -0.39 is 0 Å². The summed E-state index contributed by atoms with van der Waals surface area (Å²) in [6.45, 7) is 5.18. The lowest BCUT2D eigenvalue weighted by atomic mass is 10.1. The molecule has 1 aliphatic rings. The molecule has 1 aromatic heterocycles. The Morgan fingerprint density at radius 3 is 2.58 bits per heavy atom. The molecule has 1 saturated heterocycles. The molecule has 0 spiro atoms. The molecule has 162 valence electrons. The zero-order chi connectivity index (χ0) is 21.6. The fourth-order valence-corrected chi connectivity index (χ4v) is 4.26. The van der Waals surface area contributed by atoms with Gasteiger partial charge in [0.05, 0.1) is 5.39 Å². The lowest BCUT2D eigenvalue weighted by molar-refractivity contribution is 0.0942. The number of carbonyl (C=O) groups is 1. The lowest BCUT2D eigenvalue weighted by Crippen LogP contribution is -2.34. The van der Waals surface area contributed by atoms with Crippen LogP contribution < -0.4 is 15.8 Å². The highest BCUT2D eigenvalue weighted by Gasteiger charge is 2.24. The molecule has 0 saturated carbocycles. The quantitative estimate of drug-likeness (QED) is 0.565. The number of unbranched alkanes of at least 4 members (excludes halogenated alkanes) is 2. The molecule has 4 rings (SSSR count). The van der Waals surface area contributed by atoms with E-state index in [1.54, 1.807) is 6.07 Å².